The van der Waals surface area contributed by atoms with E-state index in [9.17, 15) is 4.79 Å². The summed E-state index contributed by atoms with van der Waals surface area (Å²) in [6, 6.07) is 2.04. The van der Waals surface area contributed by atoms with Gasteiger partial charge in [0, 0.05) is 36.1 Å². The molecule has 0 atom stereocenters. The molecule has 0 bridgehead atoms. The Balaban J connectivity index is 2.49. The molecule has 0 aromatic carbocycles. The maximum atomic E-state index is 11.2. The van der Waals surface area contributed by atoms with Crippen molar-refractivity contribution in [2.75, 3.05) is 33.9 Å². The highest BCUT2D eigenvalue weighted by molar-refractivity contribution is 9.10. The first-order chi connectivity index (χ1) is 8.67. The number of carbonyl (C=O) groups excluding carboxylic acids is 1. The van der Waals surface area contributed by atoms with Gasteiger partial charge < -0.3 is 9.47 Å². The quantitative estimate of drug-likeness (QED) is 0.684. The van der Waals surface area contributed by atoms with Crippen molar-refractivity contribution in [2.24, 2.45) is 0 Å². The third-order valence-electron chi connectivity index (χ3n) is 2.53. The van der Waals surface area contributed by atoms with Crippen LogP contribution in [0.3, 0.4) is 0 Å². The highest BCUT2D eigenvalue weighted by atomic mass is 79.9. The van der Waals surface area contributed by atoms with E-state index in [-0.39, 0.29) is 5.97 Å². The molecule has 1 heterocycles. The lowest BCUT2D eigenvalue weighted by atomic mass is 10.3. The monoisotopic (exact) mass is 335 g/mol. The topological polar surface area (TPSA) is 38.8 Å². The van der Waals surface area contributed by atoms with Gasteiger partial charge in [0.1, 0.15) is 0 Å². The van der Waals surface area contributed by atoms with Crippen molar-refractivity contribution < 1.29 is 14.3 Å². The molecule has 1 rings (SSSR count). The van der Waals surface area contributed by atoms with Crippen LogP contribution in [0.25, 0.3) is 0 Å². The molecule has 0 amide bonds. The Morgan fingerprint density at radius 1 is 1.44 bits per heavy atom. The van der Waals surface area contributed by atoms with Gasteiger partial charge in [0.05, 0.1) is 20.1 Å². The molecule has 102 valence electrons. The van der Waals surface area contributed by atoms with E-state index in [1.54, 1.807) is 18.4 Å². The van der Waals surface area contributed by atoms with Gasteiger partial charge in [-0.2, -0.15) is 0 Å². The van der Waals surface area contributed by atoms with E-state index < -0.39 is 0 Å². The van der Waals surface area contributed by atoms with E-state index in [1.807, 2.05) is 11.4 Å². The molecule has 18 heavy (non-hydrogen) atoms. The van der Waals surface area contributed by atoms with Gasteiger partial charge in [-0.15, -0.1) is 11.3 Å². The molecule has 0 fully saturated rings. The Labute approximate surface area is 120 Å². The smallest absolute Gasteiger partial charge is 0.306 e. The third kappa shape index (κ3) is 5.48. The summed E-state index contributed by atoms with van der Waals surface area (Å²) in [4.78, 5) is 14.6. The van der Waals surface area contributed by atoms with E-state index in [0.717, 1.165) is 17.6 Å². The van der Waals surface area contributed by atoms with Crippen molar-refractivity contribution in [3.63, 3.8) is 0 Å². The van der Waals surface area contributed by atoms with Gasteiger partial charge in [-0.3, -0.25) is 9.69 Å². The van der Waals surface area contributed by atoms with Crippen LogP contribution in [0, 0.1) is 0 Å². The lowest BCUT2D eigenvalue weighted by molar-refractivity contribution is -0.141. The van der Waals surface area contributed by atoms with E-state index in [2.05, 4.69) is 25.6 Å². The Morgan fingerprint density at radius 2 is 2.22 bits per heavy atom. The van der Waals surface area contributed by atoms with Crippen LogP contribution in [0.15, 0.2) is 15.9 Å². The van der Waals surface area contributed by atoms with Gasteiger partial charge in [-0.1, -0.05) is 0 Å². The molecular formula is C12H18BrNO3S. The SMILES string of the molecule is COCCN(CCC(=O)OC)Cc1sccc1Br. The van der Waals surface area contributed by atoms with E-state index >= 15 is 0 Å². The molecular weight excluding hydrogens is 318 g/mol. The first-order valence-corrected chi connectivity index (χ1v) is 7.34. The summed E-state index contributed by atoms with van der Waals surface area (Å²) in [6.07, 6.45) is 0.406. The summed E-state index contributed by atoms with van der Waals surface area (Å²) in [7, 11) is 3.09. The number of thiophene rings is 1. The van der Waals surface area contributed by atoms with Crippen LogP contribution < -0.4 is 0 Å². The highest BCUT2D eigenvalue weighted by Gasteiger charge is 2.11. The minimum atomic E-state index is -0.178. The summed E-state index contributed by atoms with van der Waals surface area (Å²) in [5.74, 6) is -0.178. The van der Waals surface area contributed by atoms with Crippen molar-refractivity contribution in [2.45, 2.75) is 13.0 Å². The Bertz CT molecular complexity index is 370. The Hall–Kier alpha value is -0.430. The van der Waals surface area contributed by atoms with Gasteiger partial charge in [0.25, 0.3) is 0 Å². The molecule has 0 aliphatic rings. The molecule has 6 heteroatoms. The summed E-state index contributed by atoms with van der Waals surface area (Å²) < 4.78 is 10.9. The van der Waals surface area contributed by atoms with Gasteiger partial charge in [0.15, 0.2) is 0 Å². The number of rotatable bonds is 8. The third-order valence-corrected chi connectivity index (χ3v) is 4.44. The number of esters is 1. The fourth-order valence-corrected chi connectivity index (χ4v) is 3.00. The molecule has 4 nitrogen and oxygen atoms in total. The Morgan fingerprint density at radius 3 is 2.78 bits per heavy atom. The molecule has 0 saturated carbocycles. The molecule has 0 saturated heterocycles. The molecule has 0 aliphatic heterocycles. The van der Waals surface area contributed by atoms with Gasteiger partial charge in [0.2, 0.25) is 0 Å². The summed E-state index contributed by atoms with van der Waals surface area (Å²) >= 11 is 5.22. The highest BCUT2D eigenvalue weighted by Crippen LogP contribution is 2.24. The molecule has 0 spiro atoms. The maximum Gasteiger partial charge on any atom is 0.306 e. The van der Waals surface area contributed by atoms with Crippen LogP contribution in [0.4, 0.5) is 0 Å². The zero-order valence-corrected chi connectivity index (χ0v) is 13.1. The second-order valence-corrected chi connectivity index (χ2v) is 5.64. The van der Waals surface area contributed by atoms with Crippen LogP contribution in [-0.2, 0) is 20.8 Å². The van der Waals surface area contributed by atoms with Crippen molar-refractivity contribution in [1.29, 1.82) is 0 Å². The zero-order valence-electron chi connectivity index (χ0n) is 10.6. The predicted octanol–water partition coefficient (Wildman–Crippen LogP) is 2.52. The number of ether oxygens (including phenoxy) is 2. The van der Waals surface area contributed by atoms with Crippen molar-refractivity contribution in [3.8, 4) is 0 Å². The standard InChI is InChI=1S/C12H18BrNO3S/c1-16-7-6-14(5-3-12(15)17-2)9-11-10(13)4-8-18-11/h4,8H,3,5-7,9H2,1-2H3. The van der Waals surface area contributed by atoms with Gasteiger partial charge in [-0.25, -0.2) is 0 Å². The zero-order chi connectivity index (χ0) is 13.4. The number of methoxy groups -OCH3 is 2. The normalized spacial score (nSPS) is 10.9. The molecule has 1 aromatic heterocycles. The lowest BCUT2D eigenvalue weighted by Crippen LogP contribution is -2.29. The Kier molecular flexibility index (Phi) is 7.50. The largest absolute Gasteiger partial charge is 0.469 e. The average Bonchev–Trinajstić information content (AvgIpc) is 2.77. The first-order valence-electron chi connectivity index (χ1n) is 5.67. The van der Waals surface area contributed by atoms with E-state index in [0.29, 0.717) is 19.6 Å². The summed E-state index contributed by atoms with van der Waals surface area (Å²) in [5.41, 5.74) is 0. The number of halogens is 1. The van der Waals surface area contributed by atoms with Gasteiger partial charge in [-0.05, 0) is 27.4 Å². The first kappa shape index (κ1) is 15.6. The van der Waals surface area contributed by atoms with Crippen LogP contribution >= 0.6 is 27.3 Å². The fourth-order valence-electron chi connectivity index (χ4n) is 1.48. The van der Waals surface area contributed by atoms with Crippen molar-refractivity contribution in [1.82, 2.24) is 4.90 Å². The number of carbonyl (C=O) groups is 1. The molecule has 0 N–H and O–H groups in total. The van der Waals surface area contributed by atoms with Crippen molar-refractivity contribution >= 4 is 33.2 Å². The lowest BCUT2D eigenvalue weighted by Gasteiger charge is -2.20. The van der Waals surface area contributed by atoms with Crippen LogP contribution in [0.1, 0.15) is 11.3 Å². The maximum absolute atomic E-state index is 11.2. The van der Waals surface area contributed by atoms with E-state index in [4.69, 9.17) is 4.74 Å². The van der Waals surface area contributed by atoms with Crippen molar-refractivity contribution in [3.05, 3.63) is 20.8 Å². The molecule has 0 aliphatic carbocycles. The van der Waals surface area contributed by atoms with Crippen LogP contribution in [0.2, 0.25) is 0 Å². The average molecular weight is 336 g/mol. The van der Waals surface area contributed by atoms with Crippen LogP contribution in [-0.4, -0.2) is 44.8 Å². The molecule has 0 unspecified atom stereocenters. The predicted molar refractivity (Wildman–Crippen MR) is 75.8 cm³/mol. The minimum Gasteiger partial charge on any atom is -0.469 e. The second kappa shape index (κ2) is 8.63. The molecule has 1 aromatic rings. The van der Waals surface area contributed by atoms with Gasteiger partial charge >= 0.3 is 5.97 Å². The van der Waals surface area contributed by atoms with Crippen LogP contribution in [0.5, 0.6) is 0 Å². The second-order valence-electron chi connectivity index (χ2n) is 3.79. The summed E-state index contributed by atoms with van der Waals surface area (Å²) in [5, 5.41) is 2.05. The summed E-state index contributed by atoms with van der Waals surface area (Å²) in [6.45, 7) is 2.96. The van der Waals surface area contributed by atoms with E-state index in [1.165, 1.54) is 12.0 Å². The fraction of sp³-hybridized carbons (Fsp3) is 0.583. The molecule has 0 radical (unpaired) electrons. The number of nitrogens with zero attached hydrogens (tertiary/aromatic N) is 1. The number of hydrogen-bond donors (Lipinski definition) is 0. The number of hydrogen-bond acceptors (Lipinski definition) is 5. The minimum absolute atomic E-state index is 0.178.